The van der Waals surface area contributed by atoms with E-state index >= 15 is 0 Å². The van der Waals surface area contributed by atoms with E-state index in [4.69, 9.17) is 4.74 Å². The summed E-state index contributed by atoms with van der Waals surface area (Å²) >= 11 is 0. The van der Waals surface area contributed by atoms with Crippen molar-refractivity contribution in [1.29, 1.82) is 0 Å². The van der Waals surface area contributed by atoms with Crippen molar-refractivity contribution in [3.05, 3.63) is 89.3 Å². The van der Waals surface area contributed by atoms with Gasteiger partial charge in [0.15, 0.2) is 0 Å². The summed E-state index contributed by atoms with van der Waals surface area (Å²) in [4.78, 5) is 11.1. The molecule has 1 amide bonds. The molecule has 0 heterocycles. The fraction of sp³-hybridized carbons (Fsp3) is 0.261. The Kier molecular flexibility index (Phi) is 6.55. The lowest BCUT2D eigenvalue weighted by molar-refractivity contribution is -0.118. The predicted octanol–water partition coefficient (Wildman–Crippen LogP) is 4.65. The first-order valence-electron chi connectivity index (χ1n) is 9.19. The van der Waals surface area contributed by atoms with Crippen LogP contribution in [0, 0.1) is 5.82 Å². The Morgan fingerprint density at radius 3 is 2.74 bits per heavy atom. The summed E-state index contributed by atoms with van der Waals surface area (Å²) in [5.74, 6) is -0.311. The maximum absolute atomic E-state index is 13.7. The first-order valence-corrected chi connectivity index (χ1v) is 9.19. The molecule has 27 heavy (non-hydrogen) atoms. The molecule has 1 N–H and O–H groups in total. The number of hydrogen-bond acceptors (Lipinski definition) is 2. The van der Waals surface area contributed by atoms with E-state index in [2.05, 4.69) is 17.5 Å². The molecule has 0 saturated carbocycles. The molecule has 0 bridgehead atoms. The number of hydrogen-bond donors (Lipinski definition) is 1. The second-order valence-electron chi connectivity index (χ2n) is 6.62. The molecule has 0 radical (unpaired) electrons. The van der Waals surface area contributed by atoms with Crippen molar-refractivity contribution in [2.24, 2.45) is 0 Å². The van der Waals surface area contributed by atoms with Crippen LogP contribution < -0.4 is 5.32 Å². The third-order valence-electron chi connectivity index (χ3n) is 4.51. The molecule has 0 saturated heterocycles. The van der Waals surface area contributed by atoms with Crippen LogP contribution in [-0.2, 0) is 16.1 Å². The molecule has 0 fully saturated rings. The summed E-state index contributed by atoms with van der Waals surface area (Å²) in [6.45, 7) is 2.60. The number of carbonyl (C=O) groups is 1. The van der Waals surface area contributed by atoms with Gasteiger partial charge in [-0.15, -0.1) is 0 Å². The molecule has 1 aliphatic rings. The second-order valence-corrected chi connectivity index (χ2v) is 6.62. The van der Waals surface area contributed by atoms with Crippen LogP contribution in [0.1, 0.15) is 30.9 Å². The van der Waals surface area contributed by atoms with Gasteiger partial charge >= 0.3 is 0 Å². The standard InChI is InChI=1S/C23H24FNO2/c1-17(26)25-13-12-19-10-11-22(27-16-18-6-3-2-4-7-18)15-23(19)20-8-5-9-21(24)14-20/h2-10,14-15,22H,11-13,16H2,1H3,(H,25,26). The fourth-order valence-electron chi connectivity index (χ4n) is 3.17. The Morgan fingerprint density at radius 2 is 2.00 bits per heavy atom. The van der Waals surface area contributed by atoms with Crippen LogP contribution in [0.2, 0.25) is 0 Å². The van der Waals surface area contributed by atoms with Crippen molar-refractivity contribution >= 4 is 11.5 Å². The van der Waals surface area contributed by atoms with Crippen LogP contribution in [0.4, 0.5) is 4.39 Å². The van der Waals surface area contributed by atoms with E-state index < -0.39 is 0 Å². The zero-order valence-electron chi connectivity index (χ0n) is 15.5. The summed E-state index contributed by atoms with van der Waals surface area (Å²) in [6, 6.07) is 16.6. The lowest BCUT2D eigenvalue weighted by Crippen LogP contribution is -2.22. The predicted molar refractivity (Wildman–Crippen MR) is 105 cm³/mol. The molecule has 4 heteroatoms. The van der Waals surface area contributed by atoms with Gasteiger partial charge in [0.25, 0.3) is 0 Å². The van der Waals surface area contributed by atoms with E-state index in [1.807, 2.05) is 36.4 Å². The smallest absolute Gasteiger partial charge is 0.216 e. The number of nitrogens with one attached hydrogen (secondary N) is 1. The maximum atomic E-state index is 13.7. The summed E-state index contributed by atoms with van der Waals surface area (Å²) in [5.41, 5.74) is 4.04. The normalized spacial score (nSPS) is 16.4. The molecule has 0 aromatic heterocycles. The number of carbonyl (C=O) groups excluding carboxylic acids is 1. The molecule has 1 unspecified atom stereocenters. The van der Waals surface area contributed by atoms with Crippen molar-refractivity contribution < 1.29 is 13.9 Å². The minimum atomic E-state index is -0.262. The second kappa shape index (κ2) is 9.28. The molecule has 2 aromatic carbocycles. The average Bonchev–Trinajstić information content (AvgIpc) is 2.67. The van der Waals surface area contributed by atoms with Crippen molar-refractivity contribution in [2.45, 2.75) is 32.5 Å². The summed E-state index contributed by atoms with van der Waals surface area (Å²) in [7, 11) is 0. The van der Waals surface area contributed by atoms with Crippen LogP contribution in [0.5, 0.6) is 0 Å². The number of halogens is 1. The molecule has 2 aromatic rings. The van der Waals surface area contributed by atoms with Gasteiger partial charge in [0.05, 0.1) is 12.7 Å². The minimum Gasteiger partial charge on any atom is -0.369 e. The molecule has 3 nitrogen and oxygen atoms in total. The Labute approximate surface area is 159 Å². The SMILES string of the molecule is CC(=O)NCCC1=CCC(OCc2ccccc2)C=C1c1cccc(F)c1. The number of benzene rings is 2. The topological polar surface area (TPSA) is 38.3 Å². The lowest BCUT2D eigenvalue weighted by atomic mass is 9.89. The van der Waals surface area contributed by atoms with Gasteiger partial charge in [0.1, 0.15) is 5.82 Å². The maximum Gasteiger partial charge on any atom is 0.216 e. The van der Waals surface area contributed by atoms with Crippen molar-refractivity contribution in [1.82, 2.24) is 5.32 Å². The number of ether oxygens (including phenoxy) is 1. The van der Waals surface area contributed by atoms with E-state index in [9.17, 15) is 9.18 Å². The summed E-state index contributed by atoms with van der Waals surface area (Å²) in [6.07, 6.45) is 5.61. The van der Waals surface area contributed by atoms with E-state index in [1.165, 1.54) is 19.1 Å². The first kappa shape index (κ1) is 19.1. The largest absolute Gasteiger partial charge is 0.369 e. The third-order valence-corrected chi connectivity index (χ3v) is 4.51. The Hall–Kier alpha value is -2.72. The van der Waals surface area contributed by atoms with Crippen molar-refractivity contribution in [2.75, 3.05) is 6.54 Å². The van der Waals surface area contributed by atoms with Crippen molar-refractivity contribution in [3.63, 3.8) is 0 Å². The zero-order chi connectivity index (χ0) is 19.1. The first-order chi connectivity index (χ1) is 13.1. The highest BCUT2D eigenvalue weighted by molar-refractivity contribution is 5.80. The molecular weight excluding hydrogens is 341 g/mol. The number of rotatable bonds is 7. The molecule has 3 rings (SSSR count). The zero-order valence-corrected chi connectivity index (χ0v) is 15.5. The molecule has 140 valence electrons. The van der Waals surface area contributed by atoms with Crippen LogP contribution >= 0.6 is 0 Å². The Morgan fingerprint density at radius 1 is 1.19 bits per heavy atom. The monoisotopic (exact) mass is 365 g/mol. The quantitative estimate of drug-likeness (QED) is 0.776. The van der Waals surface area contributed by atoms with E-state index in [0.717, 1.165) is 28.7 Å². The van der Waals surface area contributed by atoms with Gasteiger partial charge in [-0.25, -0.2) is 4.39 Å². The van der Waals surface area contributed by atoms with Gasteiger partial charge in [-0.2, -0.15) is 0 Å². The highest BCUT2D eigenvalue weighted by Gasteiger charge is 2.18. The summed E-state index contributed by atoms with van der Waals surface area (Å²) in [5, 5.41) is 2.82. The molecule has 1 atom stereocenters. The van der Waals surface area contributed by atoms with E-state index in [1.54, 1.807) is 6.07 Å². The molecule has 0 aliphatic heterocycles. The third kappa shape index (κ3) is 5.63. The molecule has 1 aliphatic carbocycles. The molecular formula is C23H24FNO2. The van der Waals surface area contributed by atoms with Crippen LogP contribution in [0.15, 0.2) is 72.3 Å². The minimum absolute atomic E-state index is 0.0493. The fourth-order valence-corrected chi connectivity index (χ4v) is 3.17. The Bertz CT molecular complexity index is 842. The highest BCUT2D eigenvalue weighted by atomic mass is 19.1. The summed E-state index contributed by atoms with van der Waals surface area (Å²) < 4.78 is 19.8. The van der Waals surface area contributed by atoms with Crippen molar-refractivity contribution in [3.8, 4) is 0 Å². The number of allylic oxidation sites excluding steroid dienone is 1. The van der Waals surface area contributed by atoms with Crippen LogP contribution in [0.3, 0.4) is 0 Å². The van der Waals surface area contributed by atoms with E-state index in [-0.39, 0.29) is 17.8 Å². The van der Waals surface area contributed by atoms with Crippen LogP contribution in [-0.4, -0.2) is 18.6 Å². The van der Waals surface area contributed by atoms with Gasteiger partial charge in [0, 0.05) is 13.5 Å². The lowest BCUT2D eigenvalue weighted by Gasteiger charge is -2.23. The van der Waals surface area contributed by atoms with Gasteiger partial charge in [-0.1, -0.05) is 48.5 Å². The number of amides is 1. The van der Waals surface area contributed by atoms with Gasteiger partial charge in [-0.3, -0.25) is 4.79 Å². The molecule has 0 spiro atoms. The average molecular weight is 365 g/mol. The Balaban J connectivity index is 1.75. The van der Waals surface area contributed by atoms with E-state index in [0.29, 0.717) is 19.6 Å². The van der Waals surface area contributed by atoms with Crippen LogP contribution in [0.25, 0.3) is 5.57 Å². The van der Waals surface area contributed by atoms with Gasteiger partial charge < -0.3 is 10.1 Å². The van der Waals surface area contributed by atoms with Gasteiger partial charge in [0.2, 0.25) is 5.91 Å². The van der Waals surface area contributed by atoms with Gasteiger partial charge in [-0.05, 0) is 53.3 Å². The highest BCUT2D eigenvalue weighted by Crippen LogP contribution is 2.32.